The highest BCUT2D eigenvalue weighted by molar-refractivity contribution is 4.80. The molecule has 1 N–H and O–H groups in total. The molecule has 0 spiro atoms. The van der Waals surface area contributed by atoms with E-state index in [4.69, 9.17) is 0 Å². The average molecular weight is 182 g/mol. The summed E-state index contributed by atoms with van der Waals surface area (Å²) in [5, 5.41) is 2.27. The van der Waals surface area contributed by atoms with Gasteiger partial charge < -0.3 is 10.2 Å². The summed E-state index contributed by atoms with van der Waals surface area (Å²) in [4.78, 5) is 1.80. The van der Waals surface area contributed by atoms with Crippen molar-refractivity contribution in [1.29, 1.82) is 0 Å². The van der Waals surface area contributed by atoms with Crippen LogP contribution in [-0.2, 0) is 0 Å². The molecule has 0 bridgehead atoms. The molecule has 1 aliphatic rings. The van der Waals surface area contributed by atoms with Gasteiger partial charge in [-0.05, 0) is 26.6 Å². The van der Waals surface area contributed by atoms with E-state index < -0.39 is 12.2 Å². The SMILES string of the molecule is CNC(CN1CCC1)C(F)(F)F. The summed E-state index contributed by atoms with van der Waals surface area (Å²) in [7, 11) is 1.35. The van der Waals surface area contributed by atoms with Gasteiger partial charge in [0, 0.05) is 6.54 Å². The van der Waals surface area contributed by atoms with Gasteiger partial charge in [0.05, 0.1) is 0 Å². The van der Waals surface area contributed by atoms with Crippen LogP contribution in [0.25, 0.3) is 0 Å². The summed E-state index contributed by atoms with van der Waals surface area (Å²) in [6.45, 7) is 1.68. The molecule has 1 saturated heterocycles. The van der Waals surface area contributed by atoms with E-state index in [1.165, 1.54) is 7.05 Å². The smallest absolute Gasteiger partial charge is 0.308 e. The minimum absolute atomic E-state index is 0.0833. The van der Waals surface area contributed by atoms with Crippen molar-refractivity contribution >= 4 is 0 Å². The Hall–Kier alpha value is -0.290. The van der Waals surface area contributed by atoms with Gasteiger partial charge in [-0.25, -0.2) is 0 Å². The lowest BCUT2D eigenvalue weighted by Crippen LogP contribution is -2.52. The number of likely N-dealkylation sites (N-methyl/N-ethyl adjacent to an activating group) is 1. The number of halogens is 3. The van der Waals surface area contributed by atoms with Crippen molar-refractivity contribution in [2.45, 2.75) is 18.6 Å². The van der Waals surface area contributed by atoms with Gasteiger partial charge in [-0.3, -0.25) is 0 Å². The lowest BCUT2D eigenvalue weighted by Gasteiger charge is -2.34. The summed E-state index contributed by atoms with van der Waals surface area (Å²) in [6.07, 6.45) is -3.10. The van der Waals surface area contributed by atoms with Gasteiger partial charge in [0.2, 0.25) is 0 Å². The van der Waals surface area contributed by atoms with Crippen LogP contribution in [0.2, 0.25) is 0 Å². The van der Waals surface area contributed by atoms with Gasteiger partial charge in [0.1, 0.15) is 6.04 Å². The number of hydrogen-bond donors (Lipinski definition) is 1. The second-order valence-electron chi connectivity index (χ2n) is 3.04. The molecule has 5 heteroatoms. The minimum atomic E-state index is -4.12. The molecule has 0 radical (unpaired) electrons. The van der Waals surface area contributed by atoms with Crippen molar-refractivity contribution in [3.8, 4) is 0 Å². The average Bonchev–Trinajstić information content (AvgIpc) is 1.82. The molecule has 0 aromatic rings. The second kappa shape index (κ2) is 3.62. The third-order valence-electron chi connectivity index (χ3n) is 2.13. The highest BCUT2D eigenvalue weighted by Gasteiger charge is 2.39. The molecule has 12 heavy (non-hydrogen) atoms. The normalized spacial score (nSPS) is 22.0. The summed E-state index contributed by atoms with van der Waals surface area (Å²) < 4.78 is 36.5. The Morgan fingerprint density at radius 3 is 2.25 bits per heavy atom. The molecule has 0 saturated carbocycles. The highest BCUT2D eigenvalue weighted by Crippen LogP contribution is 2.21. The van der Waals surface area contributed by atoms with Crippen LogP contribution in [-0.4, -0.2) is 43.8 Å². The van der Waals surface area contributed by atoms with Crippen molar-refractivity contribution in [3.63, 3.8) is 0 Å². The van der Waals surface area contributed by atoms with Crippen LogP contribution in [0.3, 0.4) is 0 Å². The Kier molecular flexibility index (Phi) is 2.95. The third-order valence-corrected chi connectivity index (χ3v) is 2.13. The Morgan fingerprint density at radius 2 is 2.00 bits per heavy atom. The standard InChI is InChI=1S/C7H13F3N2/c1-11-6(7(8,9)10)5-12-3-2-4-12/h6,11H,2-5H2,1H3. The first-order chi connectivity index (χ1) is 5.54. The molecule has 0 aromatic carbocycles. The lowest BCUT2D eigenvalue weighted by molar-refractivity contribution is -0.160. The molecule has 0 aromatic heterocycles. The molecule has 1 atom stereocenters. The van der Waals surface area contributed by atoms with Crippen LogP contribution in [0.5, 0.6) is 0 Å². The summed E-state index contributed by atoms with van der Waals surface area (Å²) in [5.41, 5.74) is 0. The lowest BCUT2D eigenvalue weighted by atomic mass is 10.1. The Labute approximate surface area is 69.7 Å². The summed E-state index contributed by atoms with van der Waals surface area (Å²) >= 11 is 0. The maximum absolute atomic E-state index is 12.2. The summed E-state index contributed by atoms with van der Waals surface area (Å²) in [6, 6.07) is -1.38. The van der Waals surface area contributed by atoms with Crippen molar-refractivity contribution in [2.75, 3.05) is 26.7 Å². The first-order valence-electron chi connectivity index (χ1n) is 4.00. The van der Waals surface area contributed by atoms with Crippen LogP contribution in [0.1, 0.15) is 6.42 Å². The quantitative estimate of drug-likeness (QED) is 0.695. The van der Waals surface area contributed by atoms with Crippen LogP contribution in [0.15, 0.2) is 0 Å². The molecule has 0 amide bonds. The van der Waals surface area contributed by atoms with Crippen molar-refractivity contribution in [3.05, 3.63) is 0 Å². The van der Waals surface area contributed by atoms with Gasteiger partial charge in [0.25, 0.3) is 0 Å². The number of likely N-dealkylation sites (tertiary alicyclic amines) is 1. The zero-order chi connectivity index (χ0) is 9.19. The first-order valence-corrected chi connectivity index (χ1v) is 4.00. The van der Waals surface area contributed by atoms with Gasteiger partial charge in [-0.15, -0.1) is 0 Å². The molecule has 1 heterocycles. The molecular weight excluding hydrogens is 169 g/mol. The van der Waals surface area contributed by atoms with E-state index in [2.05, 4.69) is 5.32 Å². The van der Waals surface area contributed by atoms with E-state index >= 15 is 0 Å². The molecule has 72 valence electrons. The van der Waals surface area contributed by atoms with Gasteiger partial charge in [-0.2, -0.15) is 13.2 Å². The number of nitrogens with zero attached hydrogens (tertiary/aromatic N) is 1. The van der Waals surface area contributed by atoms with Gasteiger partial charge in [-0.1, -0.05) is 0 Å². The monoisotopic (exact) mass is 182 g/mol. The fourth-order valence-corrected chi connectivity index (χ4v) is 1.18. The Morgan fingerprint density at radius 1 is 1.42 bits per heavy atom. The molecule has 0 aliphatic carbocycles. The van der Waals surface area contributed by atoms with E-state index in [9.17, 15) is 13.2 Å². The van der Waals surface area contributed by atoms with E-state index in [-0.39, 0.29) is 6.54 Å². The second-order valence-corrected chi connectivity index (χ2v) is 3.04. The third kappa shape index (κ3) is 2.35. The summed E-state index contributed by atoms with van der Waals surface area (Å²) in [5.74, 6) is 0. The fourth-order valence-electron chi connectivity index (χ4n) is 1.18. The molecule has 1 rings (SSSR count). The highest BCUT2D eigenvalue weighted by atomic mass is 19.4. The van der Waals surface area contributed by atoms with Crippen molar-refractivity contribution < 1.29 is 13.2 Å². The van der Waals surface area contributed by atoms with Gasteiger partial charge >= 0.3 is 6.18 Å². The van der Waals surface area contributed by atoms with Crippen molar-refractivity contribution in [1.82, 2.24) is 10.2 Å². The molecule has 1 fully saturated rings. The zero-order valence-electron chi connectivity index (χ0n) is 6.99. The van der Waals surface area contributed by atoms with E-state index in [0.717, 1.165) is 19.5 Å². The van der Waals surface area contributed by atoms with E-state index in [0.29, 0.717) is 0 Å². The molecule has 2 nitrogen and oxygen atoms in total. The predicted octanol–water partition coefficient (Wildman–Crippen LogP) is 0.842. The maximum Gasteiger partial charge on any atom is 0.405 e. The Balaban J connectivity index is 2.34. The van der Waals surface area contributed by atoms with Crippen LogP contribution in [0, 0.1) is 0 Å². The predicted molar refractivity (Wildman–Crippen MR) is 40.0 cm³/mol. The largest absolute Gasteiger partial charge is 0.405 e. The van der Waals surface area contributed by atoms with Gasteiger partial charge in [0.15, 0.2) is 0 Å². The number of alkyl halides is 3. The maximum atomic E-state index is 12.2. The Bertz CT molecular complexity index is 142. The molecule has 1 unspecified atom stereocenters. The van der Waals surface area contributed by atoms with Crippen LogP contribution in [0.4, 0.5) is 13.2 Å². The molecular formula is C7H13F3N2. The first kappa shape index (κ1) is 9.80. The van der Waals surface area contributed by atoms with Crippen LogP contribution >= 0.6 is 0 Å². The minimum Gasteiger partial charge on any atom is -0.308 e. The van der Waals surface area contributed by atoms with E-state index in [1.807, 2.05) is 0 Å². The number of nitrogens with one attached hydrogen (secondary N) is 1. The zero-order valence-corrected chi connectivity index (χ0v) is 6.99. The number of hydrogen-bond acceptors (Lipinski definition) is 2. The van der Waals surface area contributed by atoms with Crippen LogP contribution < -0.4 is 5.32 Å². The van der Waals surface area contributed by atoms with Crippen molar-refractivity contribution in [2.24, 2.45) is 0 Å². The fraction of sp³-hybridized carbons (Fsp3) is 1.00. The number of rotatable bonds is 3. The van der Waals surface area contributed by atoms with E-state index in [1.54, 1.807) is 4.90 Å². The topological polar surface area (TPSA) is 15.3 Å². The molecule has 1 aliphatic heterocycles.